The first kappa shape index (κ1) is 24.8. The second-order valence-corrected chi connectivity index (χ2v) is 5.68. The van der Waals surface area contributed by atoms with Gasteiger partial charge < -0.3 is 23.7 Å². The van der Waals surface area contributed by atoms with Crippen LogP contribution in [0.15, 0.2) is 0 Å². The van der Waals surface area contributed by atoms with E-state index in [4.69, 9.17) is 14.2 Å². The van der Waals surface area contributed by atoms with Gasteiger partial charge in [-0.15, -0.1) is 0 Å². The van der Waals surface area contributed by atoms with E-state index in [9.17, 15) is 19.2 Å². The second kappa shape index (κ2) is 15.0. The SMILES string of the molecule is CCCC(C(=O)OC)C(=O)OCCOCCOC(=O)C(CCC)C(=O)OC. The maximum Gasteiger partial charge on any atom is 0.320 e. The Hall–Kier alpha value is -2.16. The van der Waals surface area contributed by atoms with Gasteiger partial charge >= 0.3 is 23.9 Å². The lowest BCUT2D eigenvalue weighted by atomic mass is 10.0. The summed E-state index contributed by atoms with van der Waals surface area (Å²) in [6.07, 6.45) is 1.98. The van der Waals surface area contributed by atoms with Crippen molar-refractivity contribution >= 4 is 23.9 Å². The summed E-state index contributed by atoms with van der Waals surface area (Å²) in [5, 5.41) is 0. The average Bonchev–Trinajstić information content (AvgIpc) is 2.67. The number of rotatable bonds is 14. The van der Waals surface area contributed by atoms with Crippen molar-refractivity contribution < 1.29 is 42.9 Å². The fourth-order valence-corrected chi connectivity index (χ4v) is 2.23. The molecule has 2 atom stereocenters. The van der Waals surface area contributed by atoms with E-state index in [0.717, 1.165) is 0 Å². The summed E-state index contributed by atoms with van der Waals surface area (Å²) in [5.41, 5.74) is 0. The molecular weight excluding hydrogens is 360 g/mol. The van der Waals surface area contributed by atoms with Gasteiger partial charge in [0.15, 0.2) is 11.8 Å². The molecule has 0 radical (unpaired) electrons. The van der Waals surface area contributed by atoms with Crippen LogP contribution in [0.5, 0.6) is 0 Å². The van der Waals surface area contributed by atoms with Gasteiger partial charge in [-0.05, 0) is 12.8 Å². The van der Waals surface area contributed by atoms with Crippen molar-refractivity contribution in [3.05, 3.63) is 0 Å². The van der Waals surface area contributed by atoms with E-state index >= 15 is 0 Å². The van der Waals surface area contributed by atoms with E-state index in [2.05, 4.69) is 9.47 Å². The first-order valence-corrected chi connectivity index (χ1v) is 8.99. The van der Waals surface area contributed by atoms with Gasteiger partial charge in [-0.25, -0.2) is 0 Å². The van der Waals surface area contributed by atoms with Crippen LogP contribution in [0.3, 0.4) is 0 Å². The van der Waals surface area contributed by atoms with Crippen LogP contribution in [0.4, 0.5) is 0 Å². The molecule has 0 amide bonds. The summed E-state index contributed by atoms with van der Waals surface area (Å²) in [7, 11) is 2.43. The lowest BCUT2D eigenvalue weighted by molar-refractivity contribution is -0.162. The van der Waals surface area contributed by atoms with Crippen LogP contribution in [0, 0.1) is 11.8 Å². The van der Waals surface area contributed by atoms with E-state index < -0.39 is 35.7 Å². The molecule has 0 aromatic carbocycles. The van der Waals surface area contributed by atoms with Crippen LogP contribution in [0.2, 0.25) is 0 Å². The highest BCUT2D eigenvalue weighted by molar-refractivity contribution is 5.95. The molecule has 27 heavy (non-hydrogen) atoms. The second-order valence-electron chi connectivity index (χ2n) is 5.68. The lowest BCUT2D eigenvalue weighted by Crippen LogP contribution is -2.29. The molecular formula is C18H30O9. The van der Waals surface area contributed by atoms with Crippen molar-refractivity contribution in [2.45, 2.75) is 39.5 Å². The zero-order valence-corrected chi connectivity index (χ0v) is 16.5. The van der Waals surface area contributed by atoms with E-state index in [1.807, 2.05) is 13.8 Å². The van der Waals surface area contributed by atoms with Gasteiger partial charge in [-0.2, -0.15) is 0 Å². The number of carbonyl (C=O) groups is 4. The van der Waals surface area contributed by atoms with E-state index in [0.29, 0.717) is 25.7 Å². The Labute approximate surface area is 159 Å². The Bertz CT molecular complexity index is 433. The Morgan fingerprint density at radius 2 is 1.00 bits per heavy atom. The molecule has 156 valence electrons. The van der Waals surface area contributed by atoms with Gasteiger partial charge in [0.05, 0.1) is 27.4 Å². The molecule has 0 aliphatic rings. The van der Waals surface area contributed by atoms with E-state index in [1.165, 1.54) is 14.2 Å². The summed E-state index contributed by atoms with van der Waals surface area (Å²) in [4.78, 5) is 46.7. The summed E-state index contributed by atoms with van der Waals surface area (Å²) in [5.74, 6) is -4.42. The average molecular weight is 390 g/mol. The number of methoxy groups -OCH3 is 2. The van der Waals surface area contributed by atoms with Crippen LogP contribution in [-0.2, 0) is 42.9 Å². The van der Waals surface area contributed by atoms with Crippen molar-refractivity contribution in [1.82, 2.24) is 0 Å². The molecule has 0 saturated carbocycles. The van der Waals surface area contributed by atoms with Gasteiger partial charge in [0.1, 0.15) is 13.2 Å². The van der Waals surface area contributed by atoms with Crippen molar-refractivity contribution in [2.75, 3.05) is 40.6 Å². The molecule has 2 unspecified atom stereocenters. The topological polar surface area (TPSA) is 114 Å². The number of carbonyl (C=O) groups excluding carboxylic acids is 4. The van der Waals surface area contributed by atoms with Gasteiger partial charge in [0.25, 0.3) is 0 Å². The van der Waals surface area contributed by atoms with Gasteiger partial charge in [0, 0.05) is 0 Å². The molecule has 0 saturated heterocycles. The van der Waals surface area contributed by atoms with Crippen LogP contribution in [0.25, 0.3) is 0 Å². The minimum absolute atomic E-state index is 0.0371. The minimum Gasteiger partial charge on any atom is -0.468 e. The van der Waals surface area contributed by atoms with Gasteiger partial charge in [-0.1, -0.05) is 26.7 Å². The molecule has 0 aliphatic carbocycles. The van der Waals surface area contributed by atoms with Gasteiger partial charge in [0.2, 0.25) is 0 Å². The smallest absolute Gasteiger partial charge is 0.320 e. The zero-order chi connectivity index (χ0) is 20.7. The largest absolute Gasteiger partial charge is 0.468 e. The molecule has 0 bridgehead atoms. The highest BCUT2D eigenvalue weighted by atomic mass is 16.6. The normalized spacial score (nSPS) is 12.6. The number of ether oxygens (including phenoxy) is 5. The standard InChI is InChI=1S/C18H30O9/c1-5-7-13(15(19)23-3)17(21)26-11-9-25-10-12-27-18(22)14(8-6-2)16(20)24-4/h13-14H,5-12H2,1-4H3. The molecule has 0 fully saturated rings. The van der Waals surface area contributed by atoms with Crippen molar-refractivity contribution in [2.24, 2.45) is 11.8 Å². The molecule has 0 spiro atoms. The Balaban J connectivity index is 4.02. The molecule has 0 rings (SSSR count). The Morgan fingerprint density at radius 1 is 0.630 bits per heavy atom. The monoisotopic (exact) mass is 390 g/mol. The summed E-state index contributed by atoms with van der Waals surface area (Å²) < 4.78 is 24.3. The highest BCUT2D eigenvalue weighted by Crippen LogP contribution is 2.11. The molecule has 0 aliphatic heterocycles. The Morgan fingerprint density at radius 3 is 1.30 bits per heavy atom. The fraction of sp³-hybridized carbons (Fsp3) is 0.778. The fourth-order valence-electron chi connectivity index (χ4n) is 2.23. The summed E-state index contributed by atoms with van der Waals surface area (Å²) in [6.45, 7) is 3.78. The molecule has 0 aromatic heterocycles. The van der Waals surface area contributed by atoms with Crippen molar-refractivity contribution in [1.29, 1.82) is 0 Å². The minimum atomic E-state index is -0.935. The van der Waals surface area contributed by atoms with Crippen LogP contribution >= 0.6 is 0 Å². The van der Waals surface area contributed by atoms with E-state index in [1.54, 1.807) is 0 Å². The van der Waals surface area contributed by atoms with Gasteiger partial charge in [-0.3, -0.25) is 19.2 Å². The van der Waals surface area contributed by atoms with E-state index in [-0.39, 0.29) is 26.4 Å². The Kier molecular flexibility index (Phi) is 13.8. The predicted octanol–water partition coefficient (Wildman–Crippen LogP) is 1.27. The quantitative estimate of drug-likeness (QED) is 0.187. The van der Waals surface area contributed by atoms with Crippen LogP contribution < -0.4 is 0 Å². The highest BCUT2D eigenvalue weighted by Gasteiger charge is 2.29. The first-order chi connectivity index (χ1) is 12.9. The molecule has 9 heteroatoms. The summed E-state index contributed by atoms with van der Waals surface area (Å²) >= 11 is 0. The zero-order valence-electron chi connectivity index (χ0n) is 16.5. The molecule has 0 aromatic rings. The number of hydrogen-bond donors (Lipinski definition) is 0. The third kappa shape index (κ3) is 9.93. The third-order valence-electron chi connectivity index (χ3n) is 3.64. The first-order valence-electron chi connectivity index (χ1n) is 8.99. The van der Waals surface area contributed by atoms with Crippen molar-refractivity contribution in [3.63, 3.8) is 0 Å². The maximum absolute atomic E-state index is 11.8. The van der Waals surface area contributed by atoms with Crippen LogP contribution in [-0.4, -0.2) is 64.5 Å². The third-order valence-corrected chi connectivity index (χ3v) is 3.64. The number of esters is 4. The predicted molar refractivity (Wildman–Crippen MR) is 93.6 cm³/mol. The number of hydrogen-bond acceptors (Lipinski definition) is 9. The van der Waals surface area contributed by atoms with Crippen LogP contribution in [0.1, 0.15) is 39.5 Å². The molecule has 0 heterocycles. The molecule has 0 N–H and O–H groups in total. The van der Waals surface area contributed by atoms with Crippen molar-refractivity contribution in [3.8, 4) is 0 Å². The lowest BCUT2D eigenvalue weighted by Gasteiger charge is -2.14. The molecule has 9 nitrogen and oxygen atoms in total. The maximum atomic E-state index is 11.8. The summed E-state index contributed by atoms with van der Waals surface area (Å²) in [6, 6.07) is 0.